The largest absolute Gasteiger partial charge is 0.493 e. The van der Waals surface area contributed by atoms with Gasteiger partial charge in [0.2, 0.25) is 5.90 Å². The minimum Gasteiger partial charge on any atom is -0.493 e. The Morgan fingerprint density at radius 3 is 2.74 bits per heavy atom. The molecule has 1 aliphatic heterocycles. The fraction of sp³-hybridized carbons (Fsp3) is 0.238. The van der Waals surface area contributed by atoms with Gasteiger partial charge in [-0.25, -0.2) is 9.79 Å². The number of aliphatic imine (C=N–C) groups is 1. The highest BCUT2D eigenvalue weighted by Crippen LogP contribution is 2.30. The van der Waals surface area contributed by atoms with Crippen LogP contribution in [0, 0.1) is 3.57 Å². The second kappa shape index (κ2) is 9.03. The van der Waals surface area contributed by atoms with Gasteiger partial charge in [0.25, 0.3) is 0 Å². The highest BCUT2D eigenvalue weighted by Gasteiger charge is 2.25. The second-order valence-electron chi connectivity index (χ2n) is 5.93. The third-order valence-corrected chi connectivity index (χ3v) is 4.91. The smallest absolute Gasteiger partial charge is 0.363 e. The van der Waals surface area contributed by atoms with Gasteiger partial charge in [0, 0.05) is 3.57 Å². The molecule has 3 rings (SSSR count). The highest BCUT2D eigenvalue weighted by atomic mass is 127. The van der Waals surface area contributed by atoms with Crippen LogP contribution in [0.5, 0.6) is 11.5 Å². The summed E-state index contributed by atoms with van der Waals surface area (Å²) < 4.78 is 17.5. The number of carbonyl (C=O) groups excluding carboxylic acids is 1. The molecule has 0 fully saturated rings. The predicted molar refractivity (Wildman–Crippen MR) is 113 cm³/mol. The second-order valence-corrected chi connectivity index (χ2v) is 7.09. The monoisotopic (exact) mass is 477 g/mol. The summed E-state index contributed by atoms with van der Waals surface area (Å²) in [6.07, 6.45) is 3.73. The number of unbranched alkanes of at least 4 members (excludes halogenated alkanes) is 1. The minimum atomic E-state index is -0.466. The van der Waals surface area contributed by atoms with Crippen molar-refractivity contribution in [3.63, 3.8) is 0 Å². The molecule has 0 amide bonds. The molecule has 0 saturated heterocycles. The van der Waals surface area contributed by atoms with Crippen LogP contribution in [0.15, 0.2) is 53.2 Å². The summed E-state index contributed by atoms with van der Waals surface area (Å²) in [5.41, 5.74) is 1.84. The van der Waals surface area contributed by atoms with Crippen LogP contribution in [0.1, 0.15) is 30.9 Å². The lowest BCUT2D eigenvalue weighted by molar-refractivity contribution is -0.129. The quantitative estimate of drug-likeness (QED) is 0.248. The zero-order chi connectivity index (χ0) is 19.2. The zero-order valence-electron chi connectivity index (χ0n) is 15.2. The third-order valence-electron chi connectivity index (χ3n) is 3.97. The van der Waals surface area contributed by atoms with Crippen LogP contribution < -0.4 is 9.47 Å². The van der Waals surface area contributed by atoms with E-state index in [9.17, 15) is 4.79 Å². The van der Waals surface area contributed by atoms with Gasteiger partial charge in [0.15, 0.2) is 17.2 Å². The molecular weight excluding hydrogens is 457 g/mol. The molecule has 0 radical (unpaired) electrons. The van der Waals surface area contributed by atoms with Crippen molar-refractivity contribution < 1.29 is 19.0 Å². The fourth-order valence-electron chi connectivity index (χ4n) is 2.54. The van der Waals surface area contributed by atoms with Gasteiger partial charge < -0.3 is 14.2 Å². The molecule has 0 unspecified atom stereocenters. The van der Waals surface area contributed by atoms with Gasteiger partial charge in [0.05, 0.1) is 19.3 Å². The van der Waals surface area contributed by atoms with Crippen LogP contribution in [0.4, 0.5) is 0 Å². The molecule has 0 saturated carbocycles. The lowest BCUT2D eigenvalue weighted by atomic mass is 10.1. The summed E-state index contributed by atoms with van der Waals surface area (Å²) in [6.45, 7) is 2.75. The predicted octanol–water partition coefficient (Wildman–Crippen LogP) is 4.82. The van der Waals surface area contributed by atoms with Crippen LogP contribution in [0.3, 0.4) is 0 Å². The Bertz CT molecular complexity index is 905. The molecule has 0 aliphatic carbocycles. The van der Waals surface area contributed by atoms with Crippen LogP contribution in [0.25, 0.3) is 6.08 Å². The number of methoxy groups -OCH3 is 1. The average Bonchev–Trinajstić information content (AvgIpc) is 3.03. The Morgan fingerprint density at radius 2 is 2.00 bits per heavy atom. The number of rotatable bonds is 7. The average molecular weight is 477 g/mol. The first-order valence-corrected chi connectivity index (χ1v) is 9.78. The van der Waals surface area contributed by atoms with Crippen LogP contribution in [-0.4, -0.2) is 25.6 Å². The summed E-state index contributed by atoms with van der Waals surface area (Å²) in [7, 11) is 1.59. The zero-order valence-corrected chi connectivity index (χ0v) is 17.4. The first kappa shape index (κ1) is 19.4. The van der Waals surface area contributed by atoms with Crippen molar-refractivity contribution in [1.29, 1.82) is 0 Å². The van der Waals surface area contributed by atoms with E-state index in [0.717, 1.165) is 27.5 Å². The van der Waals surface area contributed by atoms with E-state index in [2.05, 4.69) is 34.5 Å². The van der Waals surface area contributed by atoms with Gasteiger partial charge in [-0.3, -0.25) is 0 Å². The number of hydrogen-bond donors (Lipinski definition) is 0. The molecule has 2 aromatic rings. The van der Waals surface area contributed by atoms with Crippen molar-refractivity contribution in [1.82, 2.24) is 0 Å². The van der Waals surface area contributed by atoms with Crippen LogP contribution in [0.2, 0.25) is 0 Å². The van der Waals surface area contributed by atoms with Gasteiger partial charge in [-0.05, 0) is 64.9 Å². The Hall–Kier alpha value is -2.35. The van der Waals surface area contributed by atoms with Crippen molar-refractivity contribution in [2.75, 3.05) is 13.7 Å². The van der Waals surface area contributed by atoms with Gasteiger partial charge in [-0.2, -0.15) is 0 Å². The maximum Gasteiger partial charge on any atom is 0.363 e. The van der Waals surface area contributed by atoms with Crippen molar-refractivity contribution in [2.24, 2.45) is 4.99 Å². The summed E-state index contributed by atoms with van der Waals surface area (Å²) in [4.78, 5) is 16.6. The van der Waals surface area contributed by atoms with Gasteiger partial charge in [-0.1, -0.05) is 31.5 Å². The number of halogens is 1. The Labute approximate surface area is 172 Å². The molecule has 0 atom stereocenters. The molecule has 2 aromatic carbocycles. The normalized spacial score (nSPS) is 14.9. The van der Waals surface area contributed by atoms with Crippen molar-refractivity contribution in [3.05, 3.63) is 62.9 Å². The number of benzene rings is 2. The van der Waals surface area contributed by atoms with E-state index in [1.807, 2.05) is 42.5 Å². The maximum atomic E-state index is 12.2. The van der Waals surface area contributed by atoms with E-state index in [1.165, 1.54) is 0 Å². The molecule has 0 bridgehead atoms. The lowest BCUT2D eigenvalue weighted by Gasteiger charge is -2.10. The Morgan fingerprint density at radius 1 is 1.19 bits per heavy atom. The molecule has 0 N–H and O–H groups in total. The number of carbonyl (C=O) groups is 1. The number of nitrogens with zero attached hydrogens (tertiary/aromatic N) is 1. The molecule has 1 aliphatic rings. The topological polar surface area (TPSA) is 57.1 Å². The summed E-state index contributed by atoms with van der Waals surface area (Å²) >= 11 is 2.19. The van der Waals surface area contributed by atoms with E-state index in [-0.39, 0.29) is 5.70 Å². The van der Waals surface area contributed by atoms with Crippen LogP contribution >= 0.6 is 22.6 Å². The maximum absolute atomic E-state index is 12.2. The number of cyclic esters (lactones) is 1. The molecule has 140 valence electrons. The third kappa shape index (κ3) is 4.68. The SMILES string of the molecule is CCCCOc1ccc(/C=C2/N=C(c3ccccc3I)OC2=O)cc1OC. The van der Waals surface area contributed by atoms with E-state index < -0.39 is 5.97 Å². The van der Waals surface area contributed by atoms with Gasteiger partial charge in [-0.15, -0.1) is 0 Å². The molecule has 0 spiro atoms. The first-order chi connectivity index (χ1) is 13.1. The van der Waals surface area contributed by atoms with Gasteiger partial charge >= 0.3 is 5.97 Å². The Kier molecular flexibility index (Phi) is 6.49. The first-order valence-electron chi connectivity index (χ1n) is 8.70. The number of esters is 1. The highest BCUT2D eigenvalue weighted by molar-refractivity contribution is 14.1. The summed E-state index contributed by atoms with van der Waals surface area (Å²) in [6, 6.07) is 13.2. The standard InChI is InChI=1S/C21H20INO4/c1-3-4-11-26-18-10-9-14(13-19(18)25-2)12-17-21(24)27-20(23-17)15-7-5-6-8-16(15)22/h5-10,12-13H,3-4,11H2,1-2H3/b17-12+. The van der Waals surface area contributed by atoms with E-state index >= 15 is 0 Å². The van der Waals surface area contributed by atoms with Crippen LogP contribution in [-0.2, 0) is 9.53 Å². The van der Waals surface area contributed by atoms with Gasteiger partial charge in [0.1, 0.15) is 0 Å². The summed E-state index contributed by atoms with van der Waals surface area (Å²) in [5.74, 6) is 1.16. The molecule has 0 aromatic heterocycles. The molecule has 27 heavy (non-hydrogen) atoms. The fourth-order valence-corrected chi connectivity index (χ4v) is 3.15. The molecule has 6 heteroatoms. The van der Waals surface area contributed by atoms with Crippen molar-refractivity contribution in [3.8, 4) is 11.5 Å². The molecular formula is C21H20INO4. The van der Waals surface area contributed by atoms with E-state index in [0.29, 0.717) is 24.0 Å². The Balaban J connectivity index is 1.85. The number of ether oxygens (including phenoxy) is 3. The summed E-state index contributed by atoms with van der Waals surface area (Å²) in [5, 5.41) is 0. The minimum absolute atomic E-state index is 0.256. The molecule has 1 heterocycles. The van der Waals surface area contributed by atoms with E-state index in [1.54, 1.807) is 13.2 Å². The van der Waals surface area contributed by atoms with Crippen molar-refractivity contribution >= 4 is 40.5 Å². The lowest BCUT2D eigenvalue weighted by Crippen LogP contribution is -2.06. The number of hydrogen-bond acceptors (Lipinski definition) is 5. The van der Waals surface area contributed by atoms with E-state index in [4.69, 9.17) is 14.2 Å². The van der Waals surface area contributed by atoms with Crippen molar-refractivity contribution in [2.45, 2.75) is 19.8 Å². The molecule has 5 nitrogen and oxygen atoms in total.